The van der Waals surface area contributed by atoms with Crippen molar-refractivity contribution in [3.63, 3.8) is 0 Å². The first-order chi connectivity index (χ1) is 0. The molecule has 0 spiro atoms. The van der Waals surface area contributed by atoms with Crippen LogP contribution >= 0.6 is 0 Å². The molecule has 4 heteroatoms. The van der Waals surface area contributed by atoms with Gasteiger partial charge in [0, 0.05) is 0 Å². The van der Waals surface area contributed by atoms with Crippen molar-refractivity contribution in [3.05, 3.63) is 0 Å². The van der Waals surface area contributed by atoms with E-state index in [1.54, 1.807) is 0 Å². The number of hydrogen-bond donors (Lipinski definition) is 0. The van der Waals surface area contributed by atoms with Gasteiger partial charge in [-0.2, -0.15) is 0 Å². The average molecular weight is 233 g/mol. The Kier molecular flexibility index (Phi) is 92.8. The minimum Gasteiger partial charge on any atom is -2.00 e. The number of hydrogen-bond acceptors (Lipinski definition) is 0. The monoisotopic (exact) mass is 233 g/mol. The van der Waals surface area contributed by atoms with E-state index >= 15 is 0 Å². The first-order valence-corrected chi connectivity index (χ1v) is 0. The van der Waals surface area contributed by atoms with Crippen LogP contribution in [0, 0.1) is 0 Å². The smallest absolute Gasteiger partial charge is 2.00 e. The maximum absolute atomic E-state index is 0. The standard InChI is InChI=1S/Ba.Ca.K.O/q2*+2;+1;-2. The summed E-state index contributed by atoms with van der Waals surface area (Å²) in [7, 11) is 0. The first-order valence-electron chi connectivity index (χ1n) is 0. The molecule has 0 aliphatic carbocycles. The van der Waals surface area contributed by atoms with Gasteiger partial charge in [0.1, 0.15) is 0 Å². The Hall–Kier alpha value is 4.43. The predicted octanol–water partition coefficient (Wildman–Crippen LogP) is -3.88. The Morgan fingerprint density at radius 3 is 1.00 bits per heavy atom. The van der Waals surface area contributed by atoms with Crippen LogP contribution in [-0.4, -0.2) is 86.6 Å². The normalized spacial score (nSPS) is 0. The molecule has 0 amide bonds. The van der Waals surface area contributed by atoms with Gasteiger partial charge in [-0.15, -0.1) is 0 Å². The molecule has 0 aliphatic rings. The van der Waals surface area contributed by atoms with E-state index in [1.165, 1.54) is 0 Å². The van der Waals surface area contributed by atoms with Crippen molar-refractivity contribution in [1.29, 1.82) is 0 Å². The van der Waals surface area contributed by atoms with Gasteiger partial charge in [-0.05, 0) is 0 Å². The fourth-order valence-electron chi connectivity index (χ4n) is 0. The fraction of sp³-hybridized carbons (Fsp3) is 0. The van der Waals surface area contributed by atoms with Crippen molar-refractivity contribution in [2.75, 3.05) is 0 Å². The third-order valence-corrected chi connectivity index (χ3v) is 0. The molecule has 0 aliphatic heterocycles. The summed E-state index contributed by atoms with van der Waals surface area (Å²) in [5.74, 6) is 0. The van der Waals surface area contributed by atoms with Crippen LogP contribution in [0.2, 0.25) is 0 Å². The quantitative estimate of drug-likeness (QED) is 0.383. The molecule has 0 aromatic heterocycles. The molecule has 0 heterocycles. The van der Waals surface area contributed by atoms with Crippen LogP contribution in [0.15, 0.2) is 0 Å². The van der Waals surface area contributed by atoms with E-state index in [-0.39, 0.29) is 143 Å². The molecule has 0 saturated carbocycles. The third-order valence-electron chi connectivity index (χ3n) is 0. The second kappa shape index (κ2) is 15.7. The van der Waals surface area contributed by atoms with Crippen LogP contribution < -0.4 is 51.4 Å². The SMILES string of the molecule is [Ba+2].[Ca+2].[K+].[O-2]. The molecule has 0 rings (SSSR count). The molecular weight excluding hydrogens is 233 g/mol. The van der Waals surface area contributed by atoms with Gasteiger partial charge in [0.2, 0.25) is 0 Å². The molecule has 8 valence electrons. The molecule has 0 saturated heterocycles. The van der Waals surface area contributed by atoms with Crippen LogP contribution in [0.1, 0.15) is 0 Å². The van der Waals surface area contributed by atoms with E-state index < -0.39 is 0 Å². The number of rotatable bonds is 0. The van der Waals surface area contributed by atoms with E-state index in [0.717, 1.165) is 0 Å². The average Bonchev–Trinajstić information content (AvgIpc) is 0. The molecule has 0 unspecified atom stereocenters. The Morgan fingerprint density at radius 1 is 1.00 bits per heavy atom. The third kappa shape index (κ3) is 9.66. The fourth-order valence-corrected chi connectivity index (χ4v) is 0. The van der Waals surface area contributed by atoms with Crippen molar-refractivity contribution >= 4 is 86.6 Å². The zero-order valence-electron chi connectivity index (χ0n) is 2.82. The van der Waals surface area contributed by atoms with E-state index in [0.29, 0.717) is 0 Å². The molecule has 0 aromatic carbocycles. The Labute approximate surface area is 138 Å². The minimum atomic E-state index is 0. The van der Waals surface area contributed by atoms with Crippen LogP contribution in [0.5, 0.6) is 0 Å². The maximum atomic E-state index is 0. The predicted molar refractivity (Wildman–Crippen MR) is 12.2 cm³/mol. The Balaban J connectivity index is 0. The molecular formula is BaCaKO+3. The second-order valence-corrected chi connectivity index (χ2v) is 0. The van der Waals surface area contributed by atoms with Gasteiger partial charge in [0.05, 0.1) is 0 Å². The Morgan fingerprint density at radius 2 is 1.00 bits per heavy atom. The summed E-state index contributed by atoms with van der Waals surface area (Å²) in [6, 6.07) is 0. The van der Waals surface area contributed by atoms with Crippen molar-refractivity contribution in [2.45, 2.75) is 0 Å². The molecule has 1 nitrogen and oxygen atoms in total. The summed E-state index contributed by atoms with van der Waals surface area (Å²) in [5, 5.41) is 0. The molecule has 0 N–H and O–H groups in total. The largest absolute Gasteiger partial charge is 2.00 e. The van der Waals surface area contributed by atoms with E-state index in [1.807, 2.05) is 0 Å². The van der Waals surface area contributed by atoms with Gasteiger partial charge in [0.15, 0.2) is 0 Å². The van der Waals surface area contributed by atoms with Crippen LogP contribution in [0.4, 0.5) is 0 Å². The van der Waals surface area contributed by atoms with Gasteiger partial charge >= 0.3 is 138 Å². The van der Waals surface area contributed by atoms with Crippen LogP contribution in [0.3, 0.4) is 0 Å². The zero-order valence-corrected chi connectivity index (χ0v) is 12.6. The molecule has 0 atom stereocenters. The topological polar surface area (TPSA) is 28.5 Å². The molecule has 0 fully saturated rings. The molecule has 0 radical (unpaired) electrons. The van der Waals surface area contributed by atoms with Gasteiger partial charge in [-0.3, -0.25) is 0 Å². The zero-order chi connectivity index (χ0) is 0. The molecule has 4 heavy (non-hydrogen) atoms. The van der Waals surface area contributed by atoms with Crippen molar-refractivity contribution in [1.82, 2.24) is 0 Å². The summed E-state index contributed by atoms with van der Waals surface area (Å²) in [6.45, 7) is 0. The molecule has 0 bridgehead atoms. The summed E-state index contributed by atoms with van der Waals surface area (Å²) in [4.78, 5) is 0. The maximum Gasteiger partial charge on any atom is 2.00 e. The second-order valence-electron chi connectivity index (χ2n) is 0. The first kappa shape index (κ1) is 23.7. The summed E-state index contributed by atoms with van der Waals surface area (Å²) in [5.41, 5.74) is 0. The summed E-state index contributed by atoms with van der Waals surface area (Å²) in [6.07, 6.45) is 0. The van der Waals surface area contributed by atoms with Crippen molar-refractivity contribution < 1.29 is 56.9 Å². The van der Waals surface area contributed by atoms with E-state index in [2.05, 4.69) is 0 Å². The summed E-state index contributed by atoms with van der Waals surface area (Å²) >= 11 is 0. The van der Waals surface area contributed by atoms with Crippen molar-refractivity contribution in [2.24, 2.45) is 0 Å². The minimum absolute atomic E-state index is 0. The van der Waals surface area contributed by atoms with E-state index in [4.69, 9.17) is 0 Å². The van der Waals surface area contributed by atoms with Gasteiger partial charge in [-0.1, -0.05) is 0 Å². The van der Waals surface area contributed by atoms with E-state index in [9.17, 15) is 0 Å². The Bertz CT molecular complexity index is 8.00. The van der Waals surface area contributed by atoms with Gasteiger partial charge in [-0.25, -0.2) is 0 Å². The summed E-state index contributed by atoms with van der Waals surface area (Å²) < 4.78 is 0. The van der Waals surface area contributed by atoms with Crippen LogP contribution in [-0.2, 0) is 5.48 Å². The molecule has 0 aromatic rings. The van der Waals surface area contributed by atoms with Gasteiger partial charge in [0.25, 0.3) is 0 Å². The van der Waals surface area contributed by atoms with Crippen molar-refractivity contribution in [3.8, 4) is 0 Å². The van der Waals surface area contributed by atoms with Gasteiger partial charge < -0.3 is 5.48 Å². The van der Waals surface area contributed by atoms with Crippen LogP contribution in [0.25, 0.3) is 0 Å².